The third-order valence-electron chi connectivity index (χ3n) is 3.03. The second kappa shape index (κ2) is 5.04. The van der Waals surface area contributed by atoms with Crippen LogP contribution in [-0.2, 0) is 15.3 Å². The van der Waals surface area contributed by atoms with Crippen LogP contribution in [0.1, 0.15) is 12.5 Å². The van der Waals surface area contributed by atoms with Crippen molar-refractivity contribution in [1.29, 1.82) is 0 Å². The summed E-state index contributed by atoms with van der Waals surface area (Å²) in [6.07, 6.45) is 0. The summed E-state index contributed by atoms with van der Waals surface area (Å²) in [7, 11) is 4.74. The highest BCUT2D eigenvalue weighted by molar-refractivity contribution is 5.54. The van der Waals surface area contributed by atoms with Gasteiger partial charge in [0.05, 0.1) is 34.5 Å². The van der Waals surface area contributed by atoms with Crippen LogP contribution in [0.3, 0.4) is 0 Å². The lowest BCUT2D eigenvalue weighted by atomic mass is 10.1. The normalized spacial score (nSPS) is 17.6. The molecule has 5 nitrogen and oxygen atoms in total. The molecular weight excluding hydrogens is 236 g/mol. The summed E-state index contributed by atoms with van der Waals surface area (Å²) < 4.78 is 27.1. The number of ether oxygens (including phenoxy) is 5. The van der Waals surface area contributed by atoms with Crippen molar-refractivity contribution in [2.24, 2.45) is 0 Å². The smallest absolute Gasteiger partial charge is 0.203 e. The zero-order chi connectivity index (χ0) is 13.2. The van der Waals surface area contributed by atoms with E-state index < -0.39 is 5.79 Å². The lowest BCUT2D eigenvalue weighted by molar-refractivity contribution is -0.149. The molecule has 18 heavy (non-hydrogen) atoms. The van der Waals surface area contributed by atoms with Crippen molar-refractivity contribution in [3.8, 4) is 17.2 Å². The van der Waals surface area contributed by atoms with Crippen LogP contribution in [0.2, 0.25) is 0 Å². The second-order valence-electron chi connectivity index (χ2n) is 4.06. The first-order valence-electron chi connectivity index (χ1n) is 5.73. The quantitative estimate of drug-likeness (QED) is 0.821. The van der Waals surface area contributed by atoms with E-state index in [-0.39, 0.29) is 0 Å². The number of hydrogen-bond acceptors (Lipinski definition) is 5. The van der Waals surface area contributed by atoms with E-state index in [1.165, 1.54) is 0 Å². The highest BCUT2D eigenvalue weighted by Crippen LogP contribution is 2.42. The van der Waals surface area contributed by atoms with E-state index in [1.54, 1.807) is 21.3 Å². The van der Waals surface area contributed by atoms with E-state index in [2.05, 4.69) is 0 Å². The highest BCUT2D eigenvalue weighted by atomic mass is 16.7. The van der Waals surface area contributed by atoms with E-state index in [0.29, 0.717) is 30.5 Å². The highest BCUT2D eigenvalue weighted by Gasteiger charge is 2.35. The minimum atomic E-state index is -0.757. The maximum atomic E-state index is 5.62. The van der Waals surface area contributed by atoms with Gasteiger partial charge in [-0.05, 0) is 19.1 Å². The summed E-state index contributed by atoms with van der Waals surface area (Å²) in [4.78, 5) is 0. The van der Waals surface area contributed by atoms with Gasteiger partial charge in [0, 0.05) is 5.56 Å². The zero-order valence-electron chi connectivity index (χ0n) is 11.1. The Labute approximate surface area is 107 Å². The average Bonchev–Trinajstić information content (AvgIpc) is 2.85. The fourth-order valence-electron chi connectivity index (χ4n) is 2.02. The molecule has 5 heteroatoms. The van der Waals surface area contributed by atoms with Crippen LogP contribution in [0.25, 0.3) is 0 Å². The van der Waals surface area contributed by atoms with Gasteiger partial charge < -0.3 is 23.7 Å². The number of benzene rings is 1. The molecule has 0 atom stereocenters. The Bertz CT molecular complexity index is 398. The molecular formula is C13H18O5. The molecule has 2 rings (SSSR count). The fraction of sp³-hybridized carbons (Fsp3) is 0.538. The second-order valence-corrected chi connectivity index (χ2v) is 4.06. The first kappa shape index (κ1) is 13.0. The Morgan fingerprint density at radius 2 is 1.44 bits per heavy atom. The Morgan fingerprint density at radius 1 is 0.944 bits per heavy atom. The molecule has 0 aromatic heterocycles. The van der Waals surface area contributed by atoms with Crippen LogP contribution in [0.15, 0.2) is 12.1 Å². The largest absolute Gasteiger partial charge is 0.493 e. The van der Waals surface area contributed by atoms with Crippen molar-refractivity contribution < 1.29 is 23.7 Å². The van der Waals surface area contributed by atoms with Crippen molar-refractivity contribution in [3.05, 3.63) is 17.7 Å². The molecule has 0 saturated carbocycles. The molecule has 1 fully saturated rings. The van der Waals surface area contributed by atoms with Gasteiger partial charge in [-0.15, -0.1) is 0 Å². The van der Waals surface area contributed by atoms with Crippen LogP contribution in [0.4, 0.5) is 0 Å². The van der Waals surface area contributed by atoms with Gasteiger partial charge >= 0.3 is 0 Å². The predicted molar refractivity (Wildman–Crippen MR) is 65.4 cm³/mol. The SMILES string of the molecule is COc1cc(C2(C)OCCO2)cc(OC)c1OC. The summed E-state index contributed by atoms with van der Waals surface area (Å²) in [5, 5.41) is 0. The van der Waals surface area contributed by atoms with E-state index in [1.807, 2.05) is 19.1 Å². The molecule has 1 aromatic rings. The third kappa shape index (κ3) is 2.11. The van der Waals surface area contributed by atoms with Crippen molar-refractivity contribution in [2.45, 2.75) is 12.7 Å². The summed E-state index contributed by atoms with van der Waals surface area (Å²) in [5.41, 5.74) is 0.842. The van der Waals surface area contributed by atoms with Crippen molar-refractivity contribution in [1.82, 2.24) is 0 Å². The Hall–Kier alpha value is -1.46. The van der Waals surface area contributed by atoms with Gasteiger partial charge in [-0.25, -0.2) is 0 Å². The van der Waals surface area contributed by atoms with Crippen molar-refractivity contribution in [2.75, 3.05) is 34.5 Å². The van der Waals surface area contributed by atoms with Crippen LogP contribution in [-0.4, -0.2) is 34.5 Å². The van der Waals surface area contributed by atoms with Crippen LogP contribution in [0.5, 0.6) is 17.2 Å². The molecule has 1 aliphatic heterocycles. The minimum absolute atomic E-state index is 0.561. The number of methoxy groups -OCH3 is 3. The standard InChI is InChI=1S/C13H18O5/c1-13(17-5-6-18-13)9-7-10(14-2)12(16-4)11(8-9)15-3/h7-8H,5-6H2,1-4H3. The minimum Gasteiger partial charge on any atom is -0.493 e. The lowest BCUT2D eigenvalue weighted by Crippen LogP contribution is -2.22. The topological polar surface area (TPSA) is 46.2 Å². The van der Waals surface area contributed by atoms with Crippen LogP contribution in [0, 0.1) is 0 Å². The first-order valence-corrected chi connectivity index (χ1v) is 5.73. The van der Waals surface area contributed by atoms with Crippen LogP contribution >= 0.6 is 0 Å². The number of rotatable bonds is 4. The summed E-state index contributed by atoms with van der Waals surface area (Å²) in [5.74, 6) is 0.983. The van der Waals surface area contributed by atoms with Gasteiger partial charge in [0.25, 0.3) is 0 Å². The van der Waals surface area contributed by atoms with Gasteiger partial charge in [0.15, 0.2) is 17.3 Å². The average molecular weight is 254 g/mol. The van der Waals surface area contributed by atoms with Gasteiger partial charge in [-0.3, -0.25) is 0 Å². The number of hydrogen-bond donors (Lipinski definition) is 0. The molecule has 100 valence electrons. The maximum Gasteiger partial charge on any atom is 0.203 e. The van der Waals surface area contributed by atoms with Crippen molar-refractivity contribution >= 4 is 0 Å². The van der Waals surface area contributed by atoms with E-state index in [0.717, 1.165) is 5.56 Å². The van der Waals surface area contributed by atoms with E-state index in [4.69, 9.17) is 23.7 Å². The van der Waals surface area contributed by atoms with Gasteiger partial charge in [-0.1, -0.05) is 0 Å². The Morgan fingerprint density at radius 3 is 1.83 bits per heavy atom. The predicted octanol–water partition coefficient (Wildman–Crippen LogP) is 1.93. The fourth-order valence-corrected chi connectivity index (χ4v) is 2.02. The van der Waals surface area contributed by atoms with E-state index in [9.17, 15) is 0 Å². The third-order valence-corrected chi connectivity index (χ3v) is 3.03. The Kier molecular flexibility index (Phi) is 3.63. The zero-order valence-corrected chi connectivity index (χ0v) is 11.1. The van der Waals surface area contributed by atoms with Gasteiger partial charge in [-0.2, -0.15) is 0 Å². The molecule has 1 aromatic carbocycles. The molecule has 0 radical (unpaired) electrons. The molecule has 1 aliphatic rings. The van der Waals surface area contributed by atoms with Crippen LogP contribution < -0.4 is 14.2 Å². The van der Waals surface area contributed by atoms with Gasteiger partial charge in [0.2, 0.25) is 5.75 Å². The summed E-state index contributed by atoms with van der Waals surface area (Å²) >= 11 is 0. The molecule has 0 amide bonds. The molecule has 1 saturated heterocycles. The molecule has 1 heterocycles. The summed E-state index contributed by atoms with van der Waals surface area (Å²) in [6, 6.07) is 3.68. The summed E-state index contributed by atoms with van der Waals surface area (Å²) in [6.45, 7) is 3.03. The monoisotopic (exact) mass is 254 g/mol. The lowest BCUT2D eigenvalue weighted by Gasteiger charge is -2.24. The van der Waals surface area contributed by atoms with Gasteiger partial charge in [0.1, 0.15) is 0 Å². The molecule has 0 bridgehead atoms. The van der Waals surface area contributed by atoms with E-state index >= 15 is 0 Å². The molecule has 0 aliphatic carbocycles. The first-order chi connectivity index (χ1) is 8.64. The molecule has 0 spiro atoms. The Balaban J connectivity index is 2.49. The molecule has 0 unspecified atom stereocenters. The van der Waals surface area contributed by atoms with Crippen molar-refractivity contribution in [3.63, 3.8) is 0 Å². The molecule has 0 N–H and O–H groups in total. The maximum absolute atomic E-state index is 5.62.